The van der Waals surface area contributed by atoms with Gasteiger partial charge < -0.3 is 15.2 Å². The van der Waals surface area contributed by atoms with Crippen molar-refractivity contribution in [1.82, 2.24) is 9.88 Å². The molecule has 128 valence electrons. The average Bonchev–Trinajstić information content (AvgIpc) is 2.60. The summed E-state index contributed by atoms with van der Waals surface area (Å²) in [4.78, 5) is 24.8. The summed E-state index contributed by atoms with van der Waals surface area (Å²) < 4.78 is 1.62. The Morgan fingerprint density at radius 1 is 1.12 bits per heavy atom. The van der Waals surface area contributed by atoms with Crippen molar-refractivity contribution < 1.29 is 4.79 Å². The predicted molar refractivity (Wildman–Crippen MR) is 97.7 cm³/mol. The van der Waals surface area contributed by atoms with Crippen LogP contribution in [0.2, 0.25) is 0 Å². The molecule has 1 aromatic heterocycles. The van der Waals surface area contributed by atoms with Gasteiger partial charge in [0, 0.05) is 12.1 Å². The fourth-order valence-electron chi connectivity index (χ4n) is 2.86. The van der Waals surface area contributed by atoms with E-state index in [1.54, 1.807) is 22.9 Å². The quantitative estimate of drug-likeness (QED) is 0.891. The first-order chi connectivity index (χ1) is 11.2. The Bertz CT molecular complexity index is 725. The molecule has 0 aliphatic carbocycles. The topological polar surface area (TPSA) is 63.1 Å². The first-order valence-corrected chi connectivity index (χ1v) is 7.99. The number of carbonyl (C=O) groups excluding carboxylic acids is 1. The summed E-state index contributed by atoms with van der Waals surface area (Å²) >= 11 is 0. The maximum Gasteiger partial charge on any atom is 0.274 e. The van der Waals surface area contributed by atoms with Gasteiger partial charge in [-0.25, -0.2) is 0 Å². The van der Waals surface area contributed by atoms with Crippen molar-refractivity contribution in [2.24, 2.45) is 5.92 Å². The molecular formula is C18H22ClN3O2. The third-order valence-electron chi connectivity index (χ3n) is 4.18. The molecule has 0 spiro atoms. The van der Waals surface area contributed by atoms with E-state index in [-0.39, 0.29) is 29.8 Å². The van der Waals surface area contributed by atoms with Crippen molar-refractivity contribution in [1.29, 1.82) is 0 Å². The zero-order valence-corrected chi connectivity index (χ0v) is 14.2. The van der Waals surface area contributed by atoms with E-state index >= 15 is 0 Å². The first kappa shape index (κ1) is 18.2. The van der Waals surface area contributed by atoms with Crippen LogP contribution >= 0.6 is 12.4 Å². The van der Waals surface area contributed by atoms with Crippen LogP contribution in [-0.2, 0) is 11.3 Å². The van der Waals surface area contributed by atoms with Crippen LogP contribution in [0.3, 0.4) is 0 Å². The Balaban J connectivity index is 0.00000208. The van der Waals surface area contributed by atoms with Crippen LogP contribution < -0.4 is 16.2 Å². The normalized spacial score (nSPS) is 14.7. The third kappa shape index (κ3) is 4.46. The summed E-state index contributed by atoms with van der Waals surface area (Å²) in [5.74, 6) is -0.0699. The summed E-state index contributed by atoms with van der Waals surface area (Å²) in [6.07, 6.45) is 3.38. The number of nitrogens with one attached hydrogen (secondary N) is 2. The standard InChI is InChI=1S/C18H21N3O2.ClH/c22-17(15-8-10-19-11-9-15)20-16-7-4-12-21(18(16)23)13-14-5-2-1-3-6-14;/h1-7,12,15,19H,8-11,13H2,(H,20,22);1H. The van der Waals surface area contributed by atoms with E-state index in [9.17, 15) is 9.59 Å². The number of halogens is 1. The largest absolute Gasteiger partial charge is 0.321 e. The molecule has 0 atom stereocenters. The van der Waals surface area contributed by atoms with Crippen molar-refractivity contribution in [3.8, 4) is 0 Å². The summed E-state index contributed by atoms with van der Waals surface area (Å²) in [7, 11) is 0. The number of pyridine rings is 1. The van der Waals surface area contributed by atoms with Crippen LogP contribution in [-0.4, -0.2) is 23.6 Å². The van der Waals surface area contributed by atoms with E-state index in [0.717, 1.165) is 31.5 Å². The van der Waals surface area contributed by atoms with Gasteiger partial charge in [-0.3, -0.25) is 9.59 Å². The zero-order valence-electron chi connectivity index (χ0n) is 13.4. The lowest BCUT2D eigenvalue weighted by Gasteiger charge is -2.21. The fraction of sp³-hybridized carbons (Fsp3) is 0.333. The predicted octanol–water partition coefficient (Wildman–Crippen LogP) is 2.26. The molecule has 1 aliphatic heterocycles. The van der Waals surface area contributed by atoms with Crippen LogP contribution in [0.15, 0.2) is 53.5 Å². The molecule has 1 amide bonds. The number of piperidine rings is 1. The monoisotopic (exact) mass is 347 g/mol. The summed E-state index contributed by atoms with van der Waals surface area (Å²) in [6, 6.07) is 13.3. The number of anilines is 1. The first-order valence-electron chi connectivity index (χ1n) is 7.99. The number of benzene rings is 1. The van der Waals surface area contributed by atoms with Crippen molar-refractivity contribution in [3.63, 3.8) is 0 Å². The van der Waals surface area contributed by atoms with E-state index < -0.39 is 0 Å². The van der Waals surface area contributed by atoms with Gasteiger partial charge in [-0.2, -0.15) is 0 Å². The van der Waals surface area contributed by atoms with Gasteiger partial charge in [-0.05, 0) is 43.6 Å². The Hall–Kier alpha value is -2.11. The minimum atomic E-state index is -0.168. The summed E-state index contributed by atoms with van der Waals surface area (Å²) in [5.41, 5.74) is 1.24. The number of hydrogen-bond donors (Lipinski definition) is 2. The molecule has 2 N–H and O–H groups in total. The lowest BCUT2D eigenvalue weighted by molar-refractivity contribution is -0.120. The van der Waals surface area contributed by atoms with Gasteiger partial charge >= 0.3 is 0 Å². The van der Waals surface area contributed by atoms with E-state index in [1.165, 1.54) is 0 Å². The Morgan fingerprint density at radius 3 is 2.54 bits per heavy atom. The number of hydrogen-bond acceptors (Lipinski definition) is 3. The van der Waals surface area contributed by atoms with Crippen LogP contribution in [0.1, 0.15) is 18.4 Å². The molecule has 1 aliphatic rings. The third-order valence-corrected chi connectivity index (χ3v) is 4.18. The molecule has 1 fully saturated rings. The van der Waals surface area contributed by atoms with Crippen LogP contribution in [0.5, 0.6) is 0 Å². The second-order valence-corrected chi connectivity index (χ2v) is 5.85. The minimum Gasteiger partial charge on any atom is -0.321 e. The van der Waals surface area contributed by atoms with Crippen molar-refractivity contribution >= 4 is 24.0 Å². The minimum absolute atomic E-state index is 0. The summed E-state index contributed by atoms with van der Waals surface area (Å²) in [6.45, 7) is 2.20. The number of nitrogens with zero attached hydrogens (tertiary/aromatic N) is 1. The number of carbonyl (C=O) groups is 1. The Labute approximate surface area is 147 Å². The highest BCUT2D eigenvalue weighted by molar-refractivity contribution is 5.92. The van der Waals surface area contributed by atoms with Gasteiger partial charge in [0.25, 0.3) is 5.56 Å². The SMILES string of the molecule is Cl.O=C(Nc1cccn(Cc2ccccc2)c1=O)C1CCNCC1. The second kappa shape index (κ2) is 8.66. The Kier molecular flexibility index (Phi) is 6.58. The highest BCUT2D eigenvalue weighted by Crippen LogP contribution is 2.14. The van der Waals surface area contributed by atoms with E-state index in [1.807, 2.05) is 30.3 Å². The highest BCUT2D eigenvalue weighted by Gasteiger charge is 2.21. The molecule has 0 unspecified atom stereocenters. The number of amides is 1. The van der Waals surface area contributed by atoms with Gasteiger partial charge in [0.05, 0.1) is 6.54 Å². The molecule has 1 aromatic carbocycles. The van der Waals surface area contributed by atoms with Crippen LogP contribution in [0, 0.1) is 5.92 Å². The molecule has 1 saturated heterocycles. The highest BCUT2D eigenvalue weighted by atomic mass is 35.5. The van der Waals surface area contributed by atoms with Crippen molar-refractivity contribution in [3.05, 3.63) is 64.6 Å². The molecule has 2 heterocycles. The lowest BCUT2D eigenvalue weighted by Crippen LogP contribution is -2.36. The second-order valence-electron chi connectivity index (χ2n) is 5.85. The molecular weight excluding hydrogens is 326 g/mol. The van der Waals surface area contributed by atoms with Crippen LogP contribution in [0.25, 0.3) is 0 Å². The molecule has 3 rings (SSSR count). The maximum absolute atomic E-state index is 12.5. The van der Waals surface area contributed by atoms with Crippen molar-refractivity contribution in [2.75, 3.05) is 18.4 Å². The summed E-state index contributed by atoms with van der Waals surface area (Å²) in [5, 5.41) is 6.04. The fourth-order valence-corrected chi connectivity index (χ4v) is 2.86. The molecule has 24 heavy (non-hydrogen) atoms. The number of rotatable bonds is 4. The van der Waals surface area contributed by atoms with E-state index in [4.69, 9.17) is 0 Å². The van der Waals surface area contributed by atoms with Crippen molar-refractivity contribution in [2.45, 2.75) is 19.4 Å². The smallest absolute Gasteiger partial charge is 0.274 e. The van der Waals surface area contributed by atoms with Gasteiger partial charge in [-0.15, -0.1) is 12.4 Å². The maximum atomic E-state index is 12.5. The average molecular weight is 348 g/mol. The van der Waals surface area contributed by atoms with Gasteiger partial charge in [0.15, 0.2) is 0 Å². The molecule has 0 radical (unpaired) electrons. The van der Waals surface area contributed by atoms with Gasteiger partial charge in [0.2, 0.25) is 5.91 Å². The molecule has 0 saturated carbocycles. The molecule has 0 bridgehead atoms. The van der Waals surface area contributed by atoms with E-state index in [2.05, 4.69) is 10.6 Å². The Morgan fingerprint density at radius 2 is 1.83 bits per heavy atom. The lowest BCUT2D eigenvalue weighted by atomic mass is 9.97. The molecule has 6 heteroatoms. The van der Waals surface area contributed by atoms with Gasteiger partial charge in [-0.1, -0.05) is 30.3 Å². The van der Waals surface area contributed by atoms with Crippen LogP contribution in [0.4, 0.5) is 5.69 Å². The molecule has 5 nitrogen and oxygen atoms in total. The molecule has 2 aromatic rings. The van der Waals surface area contributed by atoms with E-state index in [0.29, 0.717) is 12.2 Å². The van der Waals surface area contributed by atoms with Gasteiger partial charge in [0.1, 0.15) is 5.69 Å². The zero-order chi connectivity index (χ0) is 16.1. The number of aromatic nitrogens is 1.